The number of carboxylic acids is 1. The first-order valence-electron chi connectivity index (χ1n) is 5.65. The van der Waals surface area contributed by atoms with Crippen molar-refractivity contribution in [2.75, 3.05) is 13.1 Å². The molecule has 0 aliphatic carbocycles. The van der Waals surface area contributed by atoms with Gasteiger partial charge in [0.05, 0.1) is 0 Å². The number of rotatable bonds is 9. The van der Waals surface area contributed by atoms with Crippen molar-refractivity contribution in [1.29, 1.82) is 0 Å². The van der Waals surface area contributed by atoms with E-state index in [1.807, 2.05) is 0 Å². The summed E-state index contributed by atoms with van der Waals surface area (Å²) in [6.45, 7) is 4.80. The van der Waals surface area contributed by atoms with Crippen LogP contribution in [0.25, 0.3) is 0 Å². The molecule has 0 aromatic heterocycles. The fraction of sp³-hybridized carbons (Fsp3) is 0.727. The maximum absolute atomic E-state index is 10.5. The second kappa shape index (κ2) is 9.03. The van der Waals surface area contributed by atoms with E-state index < -0.39 is 12.0 Å². The Balaban J connectivity index is 3.48. The van der Waals surface area contributed by atoms with Crippen molar-refractivity contribution in [2.45, 2.75) is 39.2 Å². The van der Waals surface area contributed by atoms with Crippen LogP contribution in [-0.2, 0) is 4.79 Å². The third kappa shape index (κ3) is 8.11. The van der Waals surface area contributed by atoms with Gasteiger partial charge in [0, 0.05) is 25.7 Å². The molecule has 0 saturated carbocycles. The van der Waals surface area contributed by atoms with Gasteiger partial charge in [-0.15, -0.1) is 0 Å². The van der Waals surface area contributed by atoms with Crippen LogP contribution in [0.1, 0.15) is 33.1 Å². The van der Waals surface area contributed by atoms with Gasteiger partial charge in [-0.2, -0.15) is 0 Å². The Labute approximate surface area is 96.5 Å². The summed E-state index contributed by atoms with van der Waals surface area (Å²) in [6, 6.07) is -0.542. The lowest BCUT2D eigenvalue weighted by molar-refractivity contribution is -0.138. The molecule has 16 heavy (non-hydrogen) atoms. The van der Waals surface area contributed by atoms with Gasteiger partial charge in [0.2, 0.25) is 0 Å². The number of aliphatic hydroxyl groups excluding tert-OH is 1. The van der Waals surface area contributed by atoms with Crippen molar-refractivity contribution in [3.8, 4) is 0 Å². The standard InChI is InChI=1S/C11H22N2O3/c1-3-4-5-10(14)8-12-6-7-13-9(2)11(15)16/h8-9,12-14H,3-7H2,1-2H3,(H,15,16)/b10-8-. The zero-order chi connectivity index (χ0) is 12.4. The number of unbranched alkanes of at least 4 members (excludes halogenated alkanes) is 1. The molecule has 0 fully saturated rings. The molecular weight excluding hydrogens is 208 g/mol. The number of hydrogen-bond acceptors (Lipinski definition) is 4. The maximum atomic E-state index is 10.5. The minimum atomic E-state index is -0.860. The predicted molar refractivity (Wildman–Crippen MR) is 63.3 cm³/mol. The minimum Gasteiger partial charge on any atom is -0.511 e. The zero-order valence-electron chi connectivity index (χ0n) is 9.99. The Morgan fingerprint density at radius 2 is 2.06 bits per heavy atom. The molecule has 0 spiro atoms. The van der Waals surface area contributed by atoms with E-state index in [1.54, 1.807) is 13.1 Å². The highest BCUT2D eigenvalue weighted by molar-refractivity contribution is 5.72. The molecule has 0 aliphatic rings. The van der Waals surface area contributed by atoms with Crippen LogP contribution < -0.4 is 10.6 Å². The zero-order valence-corrected chi connectivity index (χ0v) is 9.99. The van der Waals surface area contributed by atoms with Crippen molar-refractivity contribution in [3.63, 3.8) is 0 Å². The Morgan fingerprint density at radius 1 is 1.38 bits per heavy atom. The summed E-state index contributed by atoms with van der Waals surface area (Å²) in [5.41, 5.74) is 0. The Morgan fingerprint density at radius 3 is 2.62 bits per heavy atom. The normalized spacial score (nSPS) is 13.5. The molecule has 5 heteroatoms. The molecule has 0 saturated heterocycles. The smallest absolute Gasteiger partial charge is 0.320 e. The molecule has 4 N–H and O–H groups in total. The lowest BCUT2D eigenvalue weighted by Gasteiger charge is -2.08. The first kappa shape index (κ1) is 14.8. The molecule has 0 aromatic carbocycles. The lowest BCUT2D eigenvalue weighted by Crippen LogP contribution is -2.37. The van der Waals surface area contributed by atoms with Crippen LogP contribution in [0.15, 0.2) is 12.0 Å². The number of hydrogen-bond donors (Lipinski definition) is 4. The van der Waals surface area contributed by atoms with Crippen LogP contribution in [0.4, 0.5) is 0 Å². The number of aliphatic carboxylic acids is 1. The van der Waals surface area contributed by atoms with Gasteiger partial charge in [0.15, 0.2) is 0 Å². The van der Waals surface area contributed by atoms with Crippen LogP contribution in [0.5, 0.6) is 0 Å². The third-order valence-corrected chi connectivity index (χ3v) is 2.15. The highest BCUT2D eigenvalue weighted by Gasteiger charge is 2.07. The lowest BCUT2D eigenvalue weighted by atomic mass is 10.2. The van der Waals surface area contributed by atoms with Gasteiger partial charge in [-0.3, -0.25) is 4.79 Å². The summed E-state index contributed by atoms with van der Waals surface area (Å²) < 4.78 is 0. The van der Waals surface area contributed by atoms with Gasteiger partial charge < -0.3 is 20.8 Å². The van der Waals surface area contributed by atoms with Crippen molar-refractivity contribution in [3.05, 3.63) is 12.0 Å². The average Bonchev–Trinajstić information content (AvgIpc) is 2.25. The molecule has 0 aliphatic heterocycles. The molecule has 0 radical (unpaired) electrons. The van der Waals surface area contributed by atoms with Crippen molar-refractivity contribution < 1.29 is 15.0 Å². The largest absolute Gasteiger partial charge is 0.511 e. The summed E-state index contributed by atoms with van der Waals surface area (Å²) in [5, 5.41) is 23.7. The summed E-state index contributed by atoms with van der Waals surface area (Å²) in [7, 11) is 0. The van der Waals surface area contributed by atoms with Crippen LogP contribution in [0.2, 0.25) is 0 Å². The summed E-state index contributed by atoms with van der Waals surface area (Å²) in [4.78, 5) is 10.5. The molecule has 0 amide bonds. The van der Waals surface area contributed by atoms with E-state index in [-0.39, 0.29) is 0 Å². The van der Waals surface area contributed by atoms with Gasteiger partial charge in [-0.05, 0) is 13.3 Å². The van der Waals surface area contributed by atoms with Gasteiger partial charge in [0.1, 0.15) is 11.8 Å². The molecule has 0 aromatic rings. The van der Waals surface area contributed by atoms with Gasteiger partial charge in [0.25, 0.3) is 0 Å². The number of nitrogens with one attached hydrogen (secondary N) is 2. The number of carbonyl (C=O) groups is 1. The van der Waals surface area contributed by atoms with Crippen molar-refractivity contribution in [2.24, 2.45) is 0 Å². The maximum Gasteiger partial charge on any atom is 0.320 e. The molecule has 0 bridgehead atoms. The number of aliphatic hydroxyl groups is 1. The van der Waals surface area contributed by atoms with Gasteiger partial charge in [-0.1, -0.05) is 13.3 Å². The second-order valence-corrected chi connectivity index (χ2v) is 3.71. The fourth-order valence-corrected chi connectivity index (χ4v) is 1.07. The molecule has 0 rings (SSSR count). The Bertz CT molecular complexity index is 229. The van der Waals surface area contributed by atoms with Crippen LogP contribution in [0.3, 0.4) is 0 Å². The SMILES string of the molecule is CCCC/C(O)=C/NCCNC(C)C(=O)O. The van der Waals surface area contributed by atoms with E-state index in [2.05, 4.69) is 17.6 Å². The fourth-order valence-electron chi connectivity index (χ4n) is 1.07. The molecule has 1 unspecified atom stereocenters. The van der Waals surface area contributed by atoms with Crippen LogP contribution in [-0.4, -0.2) is 35.3 Å². The van der Waals surface area contributed by atoms with E-state index in [1.165, 1.54) is 0 Å². The Kier molecular flexibility index (Phi) is 8.34. The first-order chi connectivity index (χ1) is 7.57. The van der Waals surface area contributed by atoms with E-state index in [0.29, 0.717) is 25.3 Å². The van der Waals surface area contributed by atoms with Crippen LogP contribution >= 0.6 is 0 Å². The number of carboxylic acid groups (broad SMARTS) is 1. The first-order valence-corrected chi connectivity index (χ1v) is 5.65. The molecular formula is C11H22N2O3. The molecule has 1 atom stereocenters. The number of allylic oxidation sites excluding steroid dienone is 1. The van der Waals surface area contributed by atoms with E-state index in [9.17, 15) is 9.90 Å². The summed E-state index contributed by atoms with van der Waals surface area (Å²) in [6.07, 6.45) is 4.28. The molecule has 94 valence electrons. The van der Waals surface area contributed by atoms with Crippen LogP contribution in [0, 0.1) is 0 Å². The quantitative estimate of drug-likeness (QED) is 0.354. The topological polar surface area (TPSA) is 81.6 Å². The van der Waals surface area contributed by atoms with Gasteiger partial charge in [-0.25, -0.2) is 0 Å². The summed E-state index contributed by atoms with van der Waals surface area (Å²) >= 11 is 0. The van der Waals surface area contributed by atoms with Crippen molar-refractivity contribution >= 4 is 5.97 Å². The second-order valence-electron chi connectivity index (χ2n) is 3.71. The van der Waals surface area contributed by atoms with E-state index in [4.69, 9.17) is 5.11 Å². The predicted octanol–water partition coefficient (Wildman–Crippen LogP) is 1.23. The summed E-state index contributed by atoms with van der Waals surface area (Å²) in [5.74, 6) is -0.519. The Hall–Kier alpha value is -1.23. The van der Waals surface area contributed by atoms with Crippen molar-refractivity contribution in [1.82, 2.24) is 10.6 Å². The van der Waals surface area contributed by atoms with Gasteiger partial charge >= 0.3 is 5.97 Å². The minimum absolute atomic E-state index is 0.341. The molecule has 0 heterocycles. The highest BCUT2D eigenvalue weighted by Crippen LogP contribution is 2.01. The third-order valence-electron chi connectivity index (χ3n) is 2.15. The molecule has 5 nitrogen and oxygen atoms in total. The van der Waals surface area contributed by atoms with E-state index >= 15 is 0 Å². The average molecular weight is 230 g/mol. The van der Waals surface area contributed by atoms with E-state index in [0.717, 1.165) is 12.8 Å². The highest BCUT2D eigenvalue weighted by atomic mass is 16.4. The monoisotopic (exact) mass is 230 g/mol.